The number of hydrogen-bond acceptors (Lipinski definition) is 8. The van der Waals surface area contributed by atoms with Crippen LogP contribution >= 0.6 is 0 Å². The van der Waals surface area contributed by atoms with Gasteiger partial charge in [-0.2, -0.15) is 0 Å². The molecule has 2 N–H and O–H groups in total. The zero-order valence-corrected chi connectivity index (χ0v) is 13.6. The van der Waals surface area contributed by atoms with Crippen molar-refractivity contribution in [2.24, 2.45) is 0 Å². The molecule has 1 amide bonds. The average Bonchev–Trinajstić information content (AvgIpc) is 3.21. The highest BCUT2D eigenvalue weighted by atomic mass is 16.7. The lowest BCUT2D eigenvalue weighted by molar-refractivity contribution is -0.178. The first-order valence-corrected chi connectivity index (χ1v) is 7.39. The van der Waals surface area contributed by atoms with Gasteiger partial charge in [-0.05, 0) is 18.2 Å². The number of anilines is 2. The molecule has 0 unspecified atom stereocenters. The summed E-state index contributed by atoms with van der Waals surface area (Å²) in [6, 6.07) is 4.87. The molecule has 0 bridgehead atoms. The fourth-order valence-electron chi connectivity index (χ4n) is 2.62. The van der Waals surface area contributed by atoms with E-state index in [1.807, 2.05) is 0 Å². The first-order valence-electron chi connectivity index (χ1n) is 7.39. The number of fused-ring (bicyclic) bond motifs is 2. The van der Waals surface area contributed by atoms with Gasteiger partial charge < -0.3 is 29.6 Å². The first kappa shape index (κ1) is 16.9. The lowest BCUT2D eigenvalue weighted by Gasteiger charge is -2.20. The van der Waals surface area contributed by atoms with Gasteiger partial charge in [-0.1, -0.05) is 0 Å². The van der Waals surface area contributed by atoms with Crippen molar-refractivity contribution in [1.82, 2.24) is 0 Å². The topological polar surface area (TPSA) is 112 Å². The van der Waals surface area contributed by atoms with Gasteiger partial charge in [0.05, 0.1) is 39.2 Å². The van der Waals surface area contributed by atoms with E-state index in [9.17, 15) is 14.4 Å². The molecular formula is C16H16N2O7. The maximum absolute atomic E-state index is 12.2. The van der Waals surface area contributed by atoms with Crippen molar-refractivity contribution in [3.05, 3.63) is 35.5 Å². The quantitative estimate of drug-likeness (QED) is 0.597. The Morgan fingerprint density at radius 1 is 1.24 bits per heavy atom. The van der Waals surface area contributed by atoms with E-state index >= 15 is 0 Å². The van der Waals surface area contributed by atoms with Crippen molar-refractivity contribution < 1.29 is 33.3 Å². The third kappa shape index (κ3) is 2.94. The van der Waals surface area contributed by atoms with Gasteiger partial charge in [-0.25, -0.2) is 9.59 Å². The normalized spacial score (nSPS) is 17.8. The van der Waals surface area contributed by atoms with Gasteiger partial charge in [-0.15, -0.1) is 0 Å². The molecular weight excluding hydrogens is 332 g/mol. The Hall–Kier alpha value is -2.91. The van der Waals surface area contributed by atoms with E-state index in [-0.39, 0.29) is 5.70 Å². The summed E-state index contributed by atoms with van der Waals surface area (Å²) in [5, 5.41) is 5.47. The molecule has 1 fully saturated rings. The minimum absolute atomic E-state index is 0.117. The van der Waals surface area contributed by atoms with Gasteiger partial charge in [0.25, 0.3) is 11.7 Å². The fourth-order valence-corrected chi connectivity index (χ4v) is 2.62. The maximum Gasteiger partial charge on any atom is 0.354 e. The zero-order chi connectivity index (χ0) is 18.0. The SMILES string of the molecule is COC(=O)/C=C(/Nc1ccc2c(c1)C1(OCCO1)C(=O)N2)C(=O)OC. The molecule has 1 saturated heterocycles. The van der Waals surface area contributed by atoms with Crippen LogP contribution in [0.1, 0.15) is 5.56 Å². The predicted molar refractivity (Wildman–Crippen MR) is 84.4 cm³/mol. The molecule has 0 atom stereocenters. The van der Waals surface area contributed by atoms with E-state index in [0.717, 1.165) is 6.08 Å². The largest absolute Gasteiger partial charge is 0.466 e. The molecule has 0 aliphatic carbocycles. The Balaban J connectivity index is 1.93. The van der Waals surface area contributed by atoms with Crippen LogP contribution in [-0.4, -0.2) is 45.3 Å². The summed E-state index contributed by atoms with van der Waals surface area (Å²) in [5.41, 5.74) is 1.36. The summed E-state index contributed by atoms with van der Waals surface area (Å²) in [7, 11) is 2.38. The first-order chi connectivity index (χ1) is 12.0. The summed E-state index contributed by atoms with van der Waals surface area (Å²) in [6.07, 6.45) is 0.973. The summed E-state index contributed by atoms with van der Waals surface area (Å²) >= 11 is 0. The molecule has 1 aromatic carbocycles. The summed E-state index contributed by atoms with van der Waals surface area (Å²) < 4.78 is 20.2. The minimum atomic E-state index is -1.48. The molecule has 25 heavy (non-hydrogen) atoms. The Labute approximate surface area is 142 Å². The molecule has 0 radical (unpaired) electrons. The van der Waals surface area contributed by atoms with E-state index in [2.05, 4.69) is 20.1 Å². The van der Waals surface area contributed by atoms with Gasteiger partial charge in [0, 0.05) is 11.3 Å². The molecule has 2 heterocycles. The molecule has 2 aliphatic heterocycles. The fraction of sp³-hybridized carbons (Fsp3) is 0.312. The van der Waals surface area contributed by atoms with Crippen molar-refractivity contribution in [3.63, 3.8) is 0 Å². The number of methoxy groups -OCH3 is 2. The Bertz CT molecular complexity index is 766. The monoisotopic (exact) mass is 348 g/mol. The molecule has 2 aliphatic rings. The number of carbonyl (C=O) groups is 3. The van der Waals surface area contributed by atoms with Crippen LogP contribution < -0.4 is 10.6 Å². The second-order valence-electron chi connectivity index (χ2n) is 5.23. The third-order valence-electron chi connectivity index (χ3n) is 3.76. The Kier molecular flexibility index (Phi) is 4.43. The highest BCUT2D eigenvalue weighted by Gasteiger charge is 2.52. The Morgan fingerprint density at radius 3 is 2.60 bits per heavy atom. The highest BCUT2D eigenvalue weighted by molar-refractivity contribution is 6.05. The number of nitrogens with one attached hydrogen (secondary N) is 2. The number of carbonyl (C=O) groups excluding carboxylic acids is 3. The molecule has 9 heteroatoms. The minimum Gasteiger partial charge on any atom is -0.466 e. The van der Waals surface area contributed by atoms with E-state index in [0.29, 0.717) is 30.2 Å². The van der Waals surface area contributed by atoms with Gasteiger partial charge >= 0.3 is 11.9 Å². The van der Waals surface area contributed by atoms with E-state index < -0.39 is 23.6 Å². The van der Waals surface area contributed by atoms with Gasteiger partial charge in [0.2, 0.25) is 0 Å². The molecule has 3 rings (SSSR count). The summed E-state index contributed by atoms with van der Waals surface area (Å²) in [5.74, 6) is -3.35. The van der Waals surface area contributed by atoms with Crippen LogP contribution in [0.15, 0.2) is 30.0 Å². The second-order valence-corrected chi connectivity index (χ2v) is 5.23. The number of ether oxygens (including phenoxy) is 4. The summed E-state index contributed by atoms with van der Waals surface area (Å²) in [4.78, 5) is 35.5. The van der Waals surface area contributed by atoms with Crippen molar-refractivity contribution in [1.29, 1.82) is 0 Å². The Morgan fingerprint density at radius 2 is 1.96 bits per heavy atom. The smallest absolute Gasteiger partial charge is 0.354 e. The van der Waals surface area contributed by atoms with Gasteiger partial charge in [0.1, 0.15) is 5.70 Å². The molecule has 0 saturated carbocycles. The van der Waals surface area contributed by atoms with Gasteiger partial charge in [0.15, 0.2) is 0 Å². The lowest BCUT2D eigenvalue weighted by atomic mass is 10.1. The molecule has 132 valence electrons. The van der Waals surface area contributed by atoms with Crippen LogP contribution in [0.25, 0.3) is 0 Å². The average molecular weight is 348 g/mol. The van der Waals surface area contributed by atoms with Crippen LogP contribution in [0.5, 0.6) is 0 Å². The van der Waals surface area contributed by atoms with Gasteiger partial charge in [-0.3, -0.25) is 4.79 Å². The van der Waals surface area contributed by atoms with Crippen LogP contribution in [0, 0.1) is 0 Å². The van der Waals surface area contributed by atoms with Crippen molar-refractivity contribution in [3.8, 4) is 0 Å². The van der Waals surface area contributed by atoms with E-state index in [4.69, 9.17) is 9.47 Å². The molecule has 9 nitrogen and oxygen atoms in total. The highest BCUT2D eigenvalue weighted by Crippen LogP contribution is 2.43. The number of hydrogen-bond donors (Lipinski definition) is 2. The second kappa shape index (κ2) is 6.54. The third-order valence-corrected chi connectivity index (χ3v) is 3.76. The number of amides is 1. The maximum atomic E-state index is 12.2. The van der Waals surface area contributed by atoms with Crippen LogP contribution in [0.3, 0.4) is 0 Å². The number of rotatable bonds is 4. The lowest BCUT2D eigenvalue weighted by Crippen LogP contribution is -2.35. The zero-order valence-electron chi connectivity index (χ0n) is 13.6. The molecule has 1 aromatic rings. The van der Waals surface area contributed by atoms with Crippen molar-refractivity contribution in [2.75, 3.05) is 38.1 Å². The van der Waals surface area contributed by atoms with E-state index in [1.165, 1.54) is 14.2 Å². The van der Waals surface area contributed by atoms with Crippen LogP contribution in [-0.2, 0) is 39.1 Å². The van der Waals surface area contributed by atoms with Crippen molar-refractivity contribution >= 4 is 29.2 Å². The van der Waals surface area contributed by atoms with Crippen molar-refractivity contribution in [2.45, 2.75) is 5.79 Å². The number of benzene rings is 1. The van der Waals surface area contributed by atoms with E-state index in [1.54, 1.807) is 18.2 Å². The standard InChI is InChI=1S/C16H16N2O7/c1-22-13(19)8-12(14(20)23-2)17-9-3-4-11-10(7-9)16(15(21)18-11)24-5-6-25-16/h3-4,7-8,17H,5-6H2,1-2H3,(H,18,21)/b12-8+. The molecule has 0 aromatic heterocycles. The summed E-state index contributed by atoms with van der Waals surface area (Å²) in [6.45, 7) is 0.584. The van der Waals surface area contributed by atoms with Crippen LogP contribution in [0.2, 0.25) is 0 Å². The van der Waals surface area contributed by atoms with Crippen LogP contribution in [0.4, 0.5) is 11.4 Å². The molecule has 1 spiro atoms. The number of esters is 2. The predicted octanol–water partition coefficient (Wildman–Crippen LogP) is 0.480.